The first kappa shape index (κ1) is 17.7. The van der Waals surface area contributed by atoms with E-state index in [1.54, 1.807) is 0 Å². The fourth-order valence-electron chi connectivity index (χ4n) is 2.78. The minimum Gasteiger partial charge on any atom is -0.319 e. The van der Waals surface area contributed by atoms with Gasteiger partial charge in [-0.25, -0.2) is 0 Å². The molecule has 0 aliphatic rings. The van der Waals surface area contributed by atoms with Crippen LogP contribution in [0.2, 0.25) is 0 Å². The Balaban J connectivity index is 2.29. The van der Waals surface area contributed by atoms with Gasteiger partial charge in [-0.15, -0.1) is 0 Å². The summed E-state index contributed by atoms with van der Waals surface area (Å²) in [6.07, 6.45) is 10.9. The highest BCUT2D eigenvalue weighted by Crippen LogP contribution is 2.19. The van der Waals surface area contributed by atoms with Crippen LogP contribution >= 0.6 is 15.9 Å². The molecule has 2 heteroatoms. The molecule has 0 saturated carbocycles. The SMILES string of the molecule is CCCCCCCCC(CNC)Cc1cccc(Br)c1. The summed E-state index contributed by atoms with van der Waals surface area (Å²) in [5, 5.41) is 3.35. The first-order chi connectivity index (χ1) is 9.76. The van der Waals surface area contributed by atoms with Crippen molar-refractivity contribution in [3.8, 4) is 0 Å². The Morgan fingerprint density at radius 3 is 2.55 bits per heavy atom. The number of unbranched alkanes of at least 4 members (excludes halogenated alkanes) is 5. The highest BCUT2D eigenvalue weighted by Gasteiger charge is 2.09. The van der Waals surface area contributed by atoms with Crippen molar-refractivity contribution in [2.75, 3.05) is 13.6 Å². The second-order valence-corrected chi connectivity index (χ2v) is 6.73. The summed E-state index contributed by atoms with van der Waals surface area (Å²) in [5.74, 6) is 0.764. The summed E-state index contributed by atoms with van der Waals surface area (Å²) < 4.78 is 1.19. The van der Waals surface area contributed by atoms with Gasteiger partial charge in [-0.1, -0.05) is 73.5 Å². The molecule has 0 radical (unpaired) electrons. The van der Waals surface area contributed by atoms with Crippen LogP contribution in [0.1, 0.15) is 57.4 Å². The van der Waals surface area contributed by atoms with Crippen LogP contribution in [-0.2, 0) is 6.42 Å². The zero-order valence-corrected chi connectivity index (χ0v) is 14.7. The molecule has 1 atom stereocenters. The lowest BCUT2D eigenvalue weighted by Crippen LogP contribution is -2.20. The van der Waals surface area contributed by atoms with Crippen LogP contribution in [0.25, 0.3) is 0 Å². The second-order valence-electron chi connectivity index (χ2n) is 5.81. The van der Waals surface area contributed by atoms with Gasteiger partial charge in [0.15, 0.2) is 0 Å². The van der Waals surface area contributed by atoms with Crippen molar-refractivity contribution in [3.05, 3.63) is 34.3 Å². The Labute approximate surface area is 133 Å². The standard InChI is InChI=1S/C18H30BrN/c1-3-4-5-6-7-8-10-17(15-20-2)13-16-11-9-12-18(19)14-16/h9,11-12,14,17,20H,3-8,10,13,15H2,1-2H3. The molecular formula is C18H30BrN. The van der Waals surface area contributed by atoms with Gasteiger partial charge in [0.05, 0.1) is 0 Å². The maximum atomic E-state index is 3.56. The van der Waals surface area contributed by atoms with Gasteiger partial charge in [0, 0.05) is 4.47 Å². The van der Waals surface area contributed by atoms with Crippen LogP contribution in [0.4, 0.5) is 0 Å². The third-order valence-corrected chi connectivity index (χ3v) is 4.37. The van der Waals surface area contributed by atoms with E-state index in [0.717, 1.165) is 12.5 Å². The molecule has 0 spiro atoms. The van der Waals surface area contributed by atoms with Crippen molar-refractivity contribution >= 4 is 15.9 Å². The van der Waals surface area contributed by atoms with Crippen molar-refractivity contribution < 1.29 is 0 Å². The van der Waals surface area contributed by atoms with Crippen molar-refractivity contribution in [2.24, 2.45) is 5.92 Å². The van der Waals surface area contributed by atoms with E-state index in [4.69, 9.17) is 0 Å². The largest absolute Gasteiger partial charge is 0.319 e. The van der Waals surface area contributed by atoms with E-state index in [2.05, 4.69) is 59.5 Å². The molecule has 0 aromatic heterocycles. The number of rotatable bonds is 11. The van der Waals surface area contributed by atoms with E-state index in [-0.39, 0.29) is 0 Å². The molecule has 0 bridgehead atoms. The highest BCUT2D eigenvalue weighted by molar-refractivity contribution is 9.10. The number of nitrogens with one attached hydrogen (secondary N) is 1. The third-order valence-electron chi connectivity index (χ3n) is 3.87. The van der Waals surface area contributed by atoms with E-state index in [1.165, 1.54) is 61.4 Å². The molecule has 1 N–H and O–H groups in total. The van der Waals surface area contributed by atoms with Gasteiger partial charge in [-0.05, 0) is 50.0 Å². The quantitative estimate of drug-likeness (QED) is 0.519. The monoisotopic (exact) mass is 339 g/mol. The summed E-state index contributed by atoms with van der Waals surface area (Å²) in [7, 11) is 2.06. The molecule has 0 aliphatic heterocycles. The Hall–Kier alpha value is -0.340. The first-order valence-corrected chi connectivity index (χ1v) is 8.94. The van der Waals surface area contributed by atoms with Crippen LogP contribution in [0.5, 0.6) is 0 Å². The molecular weight excluding hydrogens is 310 g/mol. The van der Waals surface area contributed by atoms with E-state index >= 15 is 0 Å². The molecule has 0 fully saturated rings. The number of benzene rings is 1. The second kappa shape index (κ2) is 11.3. The van der Waals surface area contributed by atoms with Crippen LogP contribution < -0.4 is 5.32 Å². The fourth-order valence-corrected chi connectivity index (χ4v) is 3.22. The number of hydrogen-bond acceptors (Lipinski definition) is 1. The van der Waals surface area contributed by atoms with E-state index in [9.17, 15) is 0 Å². The fraction of sp³-hybridized carbons (Fsp3) is 0.667. The van der Waals surface area contributed by atoms with Crippen molar-refractivity contribution in [2.45, 2.75) is 58.3 Å². The van der Waals surface area contributed by atoms with Crippen LogP contribution in [0.15, 0.2) is 28.7 Å². The molecule has 0 aliphatic carbocycles. The smallest absolute Gasteiger partial charge is 0.0177 e. The Morgan fingerprint density at radius 2 is 1.85 bits per heavy atom. The Kier molecular flexibility index (Phi) is 10.0. The van der Waals surface area contributed by atoms with Gasteiger partial charge in [0.25, 0.3) is 0 Å². The van der Waals surface area contributed by atoms with Gasteiger partial charge in [0.1, 0.15) is 0 Å². The van der Waals surface area contributed by atoms with Crippen LogP contribution in [0, 0.1) is 5.92 Å². The maximum Gasteiger partial charge on any atom is 0.0177 e. The average Bonchev–Trinajstić information content (AvgIpc) is 2.43. The van der Waals surface area contributed by atoms with Gasteiger partial charge < -0.3 is 5.32 Å². The van der Waals surface area contributed by atoms with Crippen LogP contribution in [-0.4, -0.2) is 13.6 Å². The molecule has 1 rings (SSSR count). The summed E-state index contributed by atoms with van der Waals surface area (Å²) in [4.78, 5) is 0. The van der Waals surface area contributed by atoms with E-state index < -0.39 is 0 Å². The minimum atomic E-state index is 0.764. The van der Waals surface area contributed by atoms with Crippen LogP contribution in [0.3, 0.4) is 0 Å². The Morgan fingerprint density at radius 1 is 1.10 bits per heavy atom. The average molecular weight is 340 g/mol. The van der Waals surface area contributed by atoms with E-state index in [1.807, 2.05) is 0 Å². The molecule has 114 valence electrons. The zero-order valence-electron chi connectivity index (χ0n) is 13.1. The molecule has 1 aromatic rings. The molecule has 20 heavy (non-hydrogen) atoms. The number of halogens is 1. The third kappa shape index (κ3) is 8.06. The van der Waals surface area contributed by atoms with E-state index in [0.29, 0.717) is 0 Å². The maximum absolute atomic E-state index is 3.56. The predicted octanol–water partition coefficient (Wildman–Crippen LogP) is 5.58. The zero-order chi connectivity index (χ0) is 14.6. The lowest BCUT2D eigenvalue weighted by atomic mass is 9.93. The highest BCUT2D eigenvalue weighted by atomic mass is 79.9. The molecule has 0 heterocycles. The first-order valence-electron chi connectivity index (χ1n) is 8.15. The predicted molar refractivity (Wildman–Crippen MR) is 93.3 cm³/mol. The van der Waals surface area contributed by atoms with Crippen molar-refractivity contribution in [1.29, 1.82) is 0 Å². The molecule has 0 saturated heterocycles. The topological polar surface area (TPSA) is 12.0 Å². The molecule has 0 amide bonds. The lowest BCUT2D eigenvalue weighted by molar-refractivity contribution is 0.432. The normalized spacial score (nSPS) is 12.6. The van der Waals surface area contributed by atoms with Gasteiger partial charge >= 0.3 is 0 Å². The molecule has 1 aromatic carbocycles. The molecule has 1 unspecified atom stereocenters. The van der Waals surface area contributed by atoms with Gasteiger partial charge in [-0.2, -0.15) is 0 Å². The molecule has 1 nitrogen and oxygen atoms in total. The Bertz CT molecular complexity index is 351. The van der Waals surface area contributed by atoms with Gasteiger partial charge in [-0.3, -0.25) is 0 Å². The summed E-state index contributed by atoms with van der Waals surface area (Å²) >= 11 is 3.56. The summed E-state index contributed by atoms with van der Waals surface area (Å²) in [6, 6.07) is 8.74. The summed E-state index contributed by atoms with van der Waals surface area (Å²) in [5.41, 5.74) is 1.45. The van der Waals surface area contributed by atoms with Crippen molar-refractivity contribution in [3.63, 3.8) is 0 Å². The van der Waals surface area contributed by atoms with Crippen molar-refractivity contribution in [1.82, 2.24) is 5.32 Å². The van der Waals surface area contributed by atoms with Gasteiger partial charge in [0.2, 0.25) is 0 Å². The lowest BCUT2D eigenvalue weighted by Gasteiger charge is -2.17. The summed E-state index contributed by atoms with van der Waals surface area (Å²) in [6.45, 7) is 3.41. The number of hydrogen-bond donors (Lipinski definition) is 1. The minimum absolute atomic E-state index is 0.764.